The van der Waals surface area contributed by atoms with Gasteiger partial charge in [-0.05, 0) is 94.4 Å². The number of rotatable bonds is 8. The van der Waals surface area contributed by atoms with E-state index in [1.165, 1.54) is 30.3 Å². The zero-order valence-electron chi connectivity index (χ0n) is 20.3. The molecule has 224 valence electrons. The fraction of sp³-hybridized carbons (Fsp3) is 0.375. The second kappa shape index (κ2) is 13.0. The monoisotopic (exact) mass is 832 g/mol. The normalized spacial score (nSPS) is 20.5. The SMILES string of the molecule is O=C(OC1CCC(C(=O)OC(C(F)(F)F)C(F)(F)S(=O)(=O)O)C(OC(=O)c2cccc(I)c2)C1)c1cccc(I)c1. The first-order chi connectivity index (χ1) is 18.9. The number of hydrogen-bond donors (Lipinski definition) is 1. The van der Waals surface area contributed by atoms with Crippen LogP contribution in [-0.2, 0) is 29.1 Å². The summed E-state index contributed by atoms with van der Waals surface area (Å²) in [6.45, 7) is 0. The highest BCUT2D eigenvalue weighted by atomic mass is 127. The molecule has 0 bridgehead atoms. The lowest BCUT2D eigenvalue weighted by Gasteiger charge is -2.35. The number of carbonyl (C=O) groups excluding carboxylic acids is 3. The van der Waals surface area contributed by atoms with E-state index in [9.17, 15) is 44.8 Å². The summed E-state index contributed by atoms with van der Waals surface area (Å²) in [7, 11) is -6.66. The first kappa shape index (κ1) is 33.4. The van der Waals surface area contributed by atoms with Gasteiger partial charge in [0, 0.05) is 13.6 Å². The van der Waals surface area contributed by atoms with E-state index in [4.69, 9.17) is 14.0 Å². The summed E-state index contributed by atoms with van der Waals surface area (Å²) in [4.78, 5) is 38.2. The second-order valence-corrected chi connectivity index (χ2v) is 12.8. The number of benzene rings is 2. The zero-order valence-corrected chi connectivity index (χ0v) is 25.4. The summed E-state index contributed by atoms with van der Waals surface area (Å²) in [5, 5.41) is -5.94. The van der Waals surface area contributed by atoms with Crippen molar-refractivity contribution >= 4 is 73.2 Å². The molecule has 17 heteroatoms. The summed E-state index contributed by atoms with van der Waals surface area (Å²) >= 11 is 3.86. The highest BCUT2D eigenvalue weighted by Crippen LogP contribution is 2.40. The molecule has 4 atom stereocenters. The van der Waals surface area contributed by atoms with E-state index < -0.39 is 76.5 Å². The van der Waals surface area contributed by atoms with Crippen molar-refractivity contribution in [3.63, 3.8) is 0 Å². The van der Waals surface area contributed by atoms with Crippen molar-refractivity contribution in [2.45, 2.75) is 49.0 Å². The van der Waals surface area contributed by atoms with Crippen LogP contribution < -0.4 is 0 Å². The molecule has 1 N–H and O–H groups in total. The van der Waals surface area contributed by atoms with Gasteiger partial charge in [-0.2, -0.15) is 30.4 Å². The maximum Gasteiger partial charge on any atom is 0.432 e. The molecule has 1 fully saturated rings. The molecule has 0 aliphatic heterocycles. The topological polar surface area (TPSA) is 133 Å². The maximum absolute atomic E-state index is 14.0. The predicted octanol–water partition coefficient (Wildman–Crippen LogP) is 5.40. The van der Waals surface area contributed by atoms with Crippen LogP contribution in [0, 0.1) is 13.1 Å². The molecule has 4 unspecified atom stereocenters. The van der Waals surface area contributed by atoms with Crippen molar-refractivity contribution < 1.29 is 63.5 Å². The van der Waals surface area contributed by atoms with Crippen molar-refractivity contribution in [3.8, 4) is 0 Å². The van der Waals surface area contributed by atoms with E-state index >= 15 is 0 Å². The molecule has 3 rings (SSSR count). The van der Waals surface area contributed by atoms with Gasteiger partial charge in [0.05, 0.1) is 17.0 Å². The van der Waals surface area contributed by atoms with Crippen LogP contribution in [0.15, 0.2) is 48.5 Å². The van der Waals surface area contributed by atoms with Crippen molar-refractivity contribution in [2.75, 3.05) is 0 Å². The molecule has 0 heterocycles. The molecule has 2 aromatic carbocycles. The molecule has 2 aromatic rings. The second-order valence-electron chi connectivity index (χ2n) is 8.81. The van der Waals surface area contributed by atoms with Gasteiger partial charge in [0.1, 0.15) is 12.2 Å². The van der Waals surface area contributed by atoms with Crippen molar-refractivity contribution in [2.24, 2.45) is 5.92 Å². The Bertz CT molecular complexity index is 1420. The average Bonchev–Trinajstić information content (AvgIpc) is 2.85. The third-order valence-electron chi connectivity index (χ3n) is 5.88. The van der Waals surface area contributed by atoms with Crippen molar-refractivity contribution in [1.82, 2.24) is 0 Å². The standard InChI is InChI=1S/C24H19F5I2O9S/c25-23(26,27)22(24(28,29)41(35,36)37)40-21(34)17-8-7-16(38-19(32)12-3-1-5-14(30)9-12)11-18(17)39-20(33)13-4-2-6-15(31)10-13/h1-6,9-10,16-18,22H,7-8,11H2,(H,35,36,37). The van der Waals surface area contributed by atoms with Gasteiger partial charge in [0.15, 0.2) is 0 Å². The molecule has 1 aliphatic carbocycles. The van der Waals surface area contributed by atoms with Gasteiger partial charge in [-0.3, -0.25) is 9.35 Å². The molecule has 0 radical (unpaired) electrons. The summed E-state index contributed by atoms with van der Waals surface area (Å²) in [6, 6.07) is 12.2. The molecule has 0 saturated heterocycles. The van der Waals surface area contributed by atoms with Gasteiger partial charge < -0.3 is 14.2 Å². The minimum Gasteiger partial charge on any atom is -0.459 e. The van der Waals surface area contributed by atoms with Gasteiger partial charge in [-0.25, -0.2) is 9.59 Å². The van der Waals surface area contributed by atoms with Crippen LogP contribution in [0.2, 0.25) is 0 Å². The lowest BCUT2D eigenvalue weighted by molar-refractivity contribution is -0.262. The lowest BCUT2D eigenvalue weighted by Crippen LogP contribution is -2.53. The van der Waals surface area contributed by atoms with Crippen LogP contribution >= 0.6 is 45.2 Å². The molecule has 1 aliphatic rings. The number of carbonyl (C=O) groups is 3. The fourth-order valence-corrected chi connectivity index (χ4v) is 5.46. The first-order valence-electron chi connectivity index (χ1n) is 11.4. The van der Waals surface area contributed by atoms with E-state index in [1.807, 2.05) is 45.2 Å². The van der Waals surface area contributed by atoms with Crippen LogP contribution in [-0.4, -0.2) is 60.6 Å². The Hall–Kier alpha value is -2.13. The van der Waals surface area contributed by atoms with Crippen LogP contribution in [0.5, 0.6) is 0 Å². The Morgan fingerprint density at radius 1 is 0.878 bits per heavy atom. The third-order valence-corrected chi connectivity index (χ3v) is 8.12. The lowest BCUT2D eigenvalue weighted by atomic mass is 9.84. The Kier molecular flexibility index (Phi) is 10.6. The molecule has 41 heavy (non-hydrogen) atoms. The van der Waals surface area contributed by atoms with E-state index in [0.717, 1.165) is 0 Å². The van der Waals surface area contributed by atoms with Gasteiger partial charge in [0.2, 0.25) is 0 Å². The summed E-state index contributed by atoms with van der Waals surface area (Å²) in [5.41, 5.74) is 0.166. The Morgan fingerprint density at radius 3 is 1.85 bits per heavy atom. The summed E-state index contributed by atoms with van der Waals surface area (Å²) in [6.07, 6.45) is -14.3. The van der Waals surface area contributed by atoms with Crippen LogP contribution in [0.3, 0.4) is 0 Å². The maximum atomic E-state index is 14.0. The fourth-order valence-electron chi connectivity index (χ4n) is 3.92. The van der Waals surface area contributed by atoms with Crippen molar-refractivity contribution in [1.29, 1.82) is 0 Å². The molecule has 0 amide bonds. The zero-order chi connectivity index (χ0) is 30.8. The molecule has 1 saturated carbocycles. The quantitative estimate of drug-likeness (QED) is 0.122. The summed E-state index contributed by atoms with van der Waals surface area (Å²) < 4.78 is 115. The molecular weight excluding hydrogens is 813 g/mol. The first-order valence-corrected chi connectivity index (χ1v) is 15.0. The minimum atomic E-state index is -6.66. The van der Waals surface area contributed by atoms with E-state index in [0.29, 0.717) is 7.14 Å². The van der Waals surface area contributed by atoms with E-state index in [2.05, 4.69) is 4.74 Å². The van der Waals surface area contributed by atoms with Crippen LogP contribution in [0.25, 0.3) is 0 Å². The number of halogens is 7. The Balaban J connectivity index is 1.87. The van der Waals surface area contributed by atoms with Crippen LogP contribution in [0.1, 0.15) is 40.0 Å². The largest absolute Gasteiger partial charge is 0.459 e. The van der Waals surface area contributed by atoms with Gasteiger partial charge in [-0.15, -0.1) is 0 Å². The van der Waals surface area contributed by atoms with Crippen molar-refractivity contribution in [3.05, 3.63) is 66.8 Å². The number of hydrogen-bond acceptors (Lipinski definition) is 8. The molecule has 0 spiro atoms. The molecule has 9 nitrogen and oxygen atoms in total. The Labute approximate surface area is 257 Å². The van der Waals surface area contributed by atoms with Gasteiger partial charge in [0.25, 0.3) is 6.10 Å². The number of esters is 3. The summed E-state index contributed by atoms with van der Waals surface area (Å²) in [5.74, 6) is -5.54. The number of ether oxygens (including phenoxy) is 3. The average molecular weight is 832 g/mol. The number of alkyl halides is 5. The molecular formula is C24H19F5I2O9S. The van der Waals surface area contributed by atoms with E-state index in [1.54, 1.807) is 18.2 Å². The smallest absolute Gasteiger partial charge is 0.432 e. The Morgan fingerprint density at radius 2 is 1.39 bits per heavy atom. The van der Waals surface area contributed by atoms with Gasteiger partial charge >= 0.3 is 39.5 Å². The minimum absolute atomic E-state index is 0.00642. The highest BCUT2D eigenvalue weighted by molar-refractivity contribution is 14.1. The van der Waals surface area contributed by atoms with Gasteiger partial charge in [-0.1, -0.05) is 12.1 Å². The van der Waals surface area contributed by atoms with E-state index in [-0.39, 0.29) is 17.5 Å². The van der Waals surface area contributed by atoms with Crippen LogP contribution in [0.4, 0.5) is 22.0 Å². The predicted molar refractivity (Wildman–Crippen MR) is 146 cm³/mol. The highest BCUT2D eigenvalue weighted by Gasteiger charge is 2.66. The molecule has 0 aromatic heterocycles. The third kappa shape index (κ3) is 8.46.